The summed E-state index contributed by atoms with van der Waals surface area (Å²) >= 11 is 5.71. The maximum atomic E-state index is 13.6. The molecule has 0 saturated carbocycles. The largest absolute Gasteiger partial charge is 0.272 e. The van der Waals surface area contributed by atoms with Crippen molar-refractivity contribution in [2.45, 2.75) is 4.90 Å². The van der Waals surface area contributed by atoms with E-state index in [0.29, 0.717) is 0 Å². The Hall–Kier alpha value is -2.49. The van der Waals surface area contributed by atoms with Gasteiger partial charge in [0.1, 0.15) is 5.82 Å². The SMILES string of the molecule is CN(C)S(=O)(=O)c1cccc(C(=O)NNC(=O)c2cc(Cl)ccc2F)c1. The number of carbonyl (C=O) groups is 2. The zero-order chi connectivity index (χ0) is 19.5. The lowest BCUT2D eigenvalue weighted by Crippen LogP contribution is -2.42. The lowest BCUT2D eigenvalue weighted by molar-refractivity contribution is 0.0844. The second kappa shape index (κ2) is 7.81. The molecular formula is C16H15ClFN3O4S. The summed E-state index contributed by atoms with van der Waals surface area (Å²) in [5.74, 6) is -2.48. The first-order valence-electron chi connectivity index (χ1n) is 7.21. The number of sulfonamides is 1. The predicted molar refractivity (Wildman–Crippen MR) is 93.7 cm³/mol. The molecule has 138 valence electrons. The summed E-state index contributed by atoms with van der Waals surface area (Å²) in [6, 6.07) is 8.68. The molecule has 0 bridgehead atoms. The van der Waals surface area contributed by atoms with Gasteiger partial charge in [-0.3, -0.25) is 20.4 Å². The lowest BCUT2D eigenvalue weighted by atomic mass is 10.2. The van der Waals surface area contributed by atoms with Crippen molar-refractivity contribution in [1.29, 1.82) is 0 Å². The molecule has 2 aromatic carbocycles. The van der Waals surface area contributed by atoms with E-state index in [9.17, 15) is 22.4 Å². The van der Waals surface area contributed by atoms with Crippen LogP contribution < -0.4 is 10.9 Å². The molecule has 0 fully saturated rings. The third-order valence-electron chi connectivity index (χ3n) is 3.34. The molecule has 7 nitrogen and oxygen atoms in total. The summed E-state index contributed by atoms with van der Waals surface area (Å²) in [4.78, 5) is 24.0. The molecule has 2 amide bonds. The van der Waals surface area contributed by atoms with Crippen LogP contribution in [0.15, 0.2) is 47.4 Å². The van der Waals surface area contributed by atoms with Crippen LogP contribution in [-0.4, -0.2) is 38.6 Å². The highest BCUT2D eigenvalue weighted by atomic mass is 35.5. The molecule has 0 unspecified atom stereocenters. The standard InChI is InChI=1S/C16H15ClFN3O4S/c1-21(2)26(24,25)12-5-3-4-10(8-12)15(22)19-20-16(23)13-9-11(17)6-7-14(13)18/h3-9H,1-2H3,(H,19,22)(H,20,23). The number of rotatable bonds is 4. The van der Waals surface area contributed by atoms with Gasteiger partial charge in [0.25, 0.3) is 11.8 Å². The fourth-order valence-corrected chi connectivity index (χ4v) is 3.05. The molecule has 0 aliphatic heterocycles. The van der Waals surface area contributed by atoms with Gasteiger partial charge in [-0.25, -0.2) is 17.1 Å². The van der Waals surface area contributed by atoms with E-state index >= 15 is 0 Å². The second-order valence-electron chi connectivity index (χ2n) is 5.35. The number of amides is 2. The van der Waals surface area contributed by atoms with Gasteiger partial charge < -0.3 is 0 Å². The molecule has 2 aromatic rings. The van der Waals surface area contributed by atoms with Crippen molar-refractivity contribution in [2.24, 2.45) is 0 Å². The van der Waals surface area contributed by atoms with E-state index in [1.807, 2.05) is 5.43 Å². The third kappa shape index (κ3) is 4.37. The first kappa shape index (κ1) is 19.8. The van der Waals surface area contributed by atoms with Crippen LogP contribution >= 0.6 is 11.6 Å². The van der Waals surface area contributed by atoms with Crippen LogP contribution in [0.4, 0.5) is 4.39 Å². The van der Waals surface area contributed by atoms with Crippen molar-refractivity contribution >= 4 is 33.4 Å². The molecule has 0 saturated heterocycles. The number of nitrogens with zero attached hydrogens (tertiary/aromatic N) is 1. The number of nitrogens with one attached hydrogen (secondary N) is 2. The van der Waals surface area contributed by atoms with Gasteiger partial charge in [-0.15, -0.1) is 0 Å². The number of halogens is 2. The van der Waals surface area contributed by atoms with Crippen molar-refractivity contribution in [2.75, 3.05) is 14.1 Å². The highest BCUT2D eigenvalue weighted by Crippen LogP contribution is 2.16. The van der Waals surface area contributed by atoms with Gasteiger partial charge in [0.05, 0.1) is 10.5 Å². The zero-order valence-corrected chi connectivity index (χ0v) is 15.4. The summed E-state index contributed by atoms with van der Waals surface area (Å²) in [5.41, 5.74) is 3.80. The Bertz CT molecular complexity index is 964. The lowest BCUT2D eigenvalue weighted by Gasteiger charge is -2.12. The van der Waals surface area contributed by atoms with E-state index in [2.05, 4.69) is 5.43 Å². The molecule has 10 heteroatoms. The van der Waals surface area contributed by atoms with Gasteiger partial charge in [-0.2, -0.15) is 0 Å². The van der Waals surface area contributed by atoms with E-state index in [1.54, 1.807) is 0 Å². The van der Waals surface area contributed by atoms with Gasteiger partial charge in [0.2, 0.25) is 10.0 Å². The van der Waals surface area contributed by atoms with Crippen molar-refractivity contribution < 1.29 is 22.4 Å². The monoisotopic (exact) mass is 399 g/mol. The molecule has 0 aromatic heterocycles. The predicted octanol–water partition coefficient (Wildman–Crippen LogP) is 1.80. The van der Waals surface area contributed by atoms with Crippen molar-refractivity contribution in [3.8, 4) is 0 Å². The normalized spacial score (nSPS) is 11.3. The topological polar surface area (TPSA) is 95.6 Å². The van der Waals surface area contributed by atoms with Gasteiger partial charge in [0, 0.05) is 24.7 Å². The highest BCUT2D eigenvalue weighted by Gasteiger charge is 2.19. The molecule has 2 N–H and O–H groups in total. The Morgan fingerprint density at radius 1 is 1.04 bits per heavy atom. The summed E-state index contributed by atoms with van der Waals surface area (Å²) in [6.07, 6.45) is 0. The summed E-state index contributed by atoms with van der Waals surface area (Å²) < 4.78 is 38.8. The number of carbonyl (C=O) groups excluding carboxylic acids is 2. The Morgan fingerprint density at radius 3 is 2.35 bits per heavy atom. The molecule has 0 aliphatic carbocycles. The van der Waals surface area contributed by atoms with Crippen LogP contribution in [0.3, 0.4) is 0 Å². The van der Waals surface area contributed by atoms with Crippen LogP contribution in [0.2, 0.25) is 5.02 Å². The fraction of sp³-hybridized carbons (Fsp3) is 0.125. The smallest absolute Gasteiger partial charge is 0.267 e. The van der Waals surface area contributed by atoms with Crippen molar-refractivity contribution in [1.82, 2.24) is 15.2 Å². The average Bonchev–Trinajstić information content (AvgIpc) is 2.61. The molecule has 26 heavy (non-hydrogen) atoms. The molecule has 0 radical (unpaired) electrons. The number of hydrogen-bond acceptors (Lipinski definition) is 4. The van der Waals surface area contributed by atoms with Crippen molar-refractivity contribution in [3.63, 3.8) is 0 Å². The van der Waals surface area contributed by atoms with E-state index in [-0.39, 0.29) is 21.0 Å². The quantitative estimate of drug-likeness (QED) is 0.766. The van der Waals surface area contributed by atoms with E-state index < -0.39 is 27.7 Å². The van der Waals surface area contributed by atoms with Gasteiger partial charge in [-0.1, -0.05) is 17.7 Å². The van der Waals surface area contributed by atoms with Gasteiger partial charge in [0.15, 0.2) is 0 Å². The van der Waals surface area contributed by atoms with Crippen LogP contribution in [0.5, 0.6) is 0 Å². The molecule has 2 rings (SSSR count). The van der Waals surface area contributed by atoms with Crippen LogP contribution in [0.25, 0.3) is 0 Å². The molecule has 0 spiro atoms. The second-order valence-corrected chi connectivity index (χ2v) is 7.94. The summed E-state index contributed by atoms with van der Waals surface area (Å²) in [7, 11) is -0.990. The molecule has 0 atom stereocenters. The molecule has 0 heterocycles. The zero-order valence-electron chi connectivity index (χ0n) is 13.8. The number of benzene rings is 2. The van der Waals surface area contributed by atoms with E-state index in [4.69, 9.17) is 11.6 Å². The summed E-state index contributed by atoms with van der Waals surface area (Å²) in [6.45, 7) is 0. The van der Waals surface area contributed by atoms with Gasteiger partial charge >= 0.3 is 0 Å². The van der Waals surface area contributed by atoms with Gasteiger partial charge in [-0.05, 0) is 36.4 Å². The van der Waals surface area contributed by atoms with E-state index in [1.165, 1.54) is 38.4 Å². The Kier molecular flexibility index (Phi) is 5.96. The Labute approximate surface area is 154 Å². The van der Waals surface area contributed by atoms with E-state index in [0.717, 1.165) is 22.5 Å². The maximum Gasteiger partial charge on any atom is 0.272 e. The first-order chi connectivity index (χ1) is 12.1. The number of hydrogen-bond donors (Lipinski definition) is 2. The minimum atomic E-state index is -3.72. The van der Waals surface area contributed by atoms with Crippen LogP contribution in [0.1, 0.15) is 20.7 Å². The fourth-order valence-electron chi connectivity index (χ4n) is 1.93. The Morgan fingerprint density at radius 2 is 1.69 bits per heavy atom. The van der Waals surface area contributed by atoms with Crippen LogP contribution in [-0.2, 0) is 10.0 Å². The molecule has 0 aliphatic rings. The van der Waals surface area contributed by atoms with Crippen LogP contribution in [0, 0.1) is 5.82 Å². The molecular weight excluding hydrogens is 385 g/mol. The first-order valence-corrected chi connectivity index (χ1v) is 9.03. The minimum absolute atomic E-state index is 0.000193. The highest BCUT2D eigenvalue weighted by molar-refractivity contribution is 7.89. The maximum absolute atomic E-state index is 13.6. The number of hydrazine groups is 1. The average molecular weight is 400 g/mol. The van der Waals surface area contributed by atoms with Crippen molar-refractivity contribution in [3.05, 3.63) is 64.4 Å². The summed E-state index contributed by atoms with van der Waals surface area (Å²) in [5, 5.41) is 0.157. The Balaban J connectivity index is 2.14. The minimum Gasteiger partial charge on any atom is -0.267 e. The third-order valence-corrected chi connectivity index (χ3v) is 5.38.